The van der Waals surface area contributed by atoms with Crippen LogP contribution in [0, 0.1) is 0 Å². The van der Waals surface area contributed by atoms with Crippen molar-refractivity contribution in [1.29, 1.82) is 0 Å². The van der Waals surface area contributed by atoms with E-state index >= 15 is 0 Å². The van der Waals surface area contributed by atoms with E-state index in [1.165, 1.54) is 11.3 Å². The minimum Gasteiger partial charge on any atom is -0.293 e. The van der Waals surface area contributed by atoms with Crippen LogP contribution in [-0.2, 0) is 6.42 Å². The minimum atomic E-state index is -0.855. The monoisotopic (exact) mass is 241 g/mol. The standard InChI is InChI=1S/C7H5BBrNOS/c8-7(9)2-1-4-5(6(7)11)12-3-10-4/h3H,1-2H2. The molecular weight excluding hydrogens is 237 g/mol. The molecule has 2 radical (unpaired) electrons. The molecule has 1 unspecified atom stereocenters. The van der Waals surface area contributed by atoms with Crippen LogP contribution < -0.4 is 0 Å². The van der Waals surface area contributed by atoms with E-state index in [1.807, 2.05) is 0 Å². The van der Waals surface area contributed by atoms with Crippen LogP contribution in [0.1, 0.15) is 21.8 Å². The molecule has 0 amide bonds. The molecule has 2 rings (SSSR count). The summed E-state index contributed by atoms with van der Waals surface area (Å²) in [6, 6.07) is 0. The highest BCUT2D eigenvalue weighted by molar-refractivity contribution is 9.10. The Balaban J connectivity index is 2.49. The maximum absolute atomic E-state index is 11.6. The van der Waals surface area contributed by atoms with Gasteiger partial charge in [-0.25, -0.2) is 4.98 Å². The molecule has 1 aliphatic carbocycles. The number of alkyl halides is 1. The van der Waals surface area contributed by atoms with Crippen molar-refractivity contribution in [2.45, 2.75) is 17.1 Å². The lowest BCUT2D eigenvalue weighted by Crippen LogP contribution is -2.36. The lowest BCUT2D eigenvalue weighted by atomic mass is 9.75. The van der Waals surface area contributed by atoms with Crippen LogP contribution in [0.4, 0.5) is 0 Å². The van der Waals surface area contributed by atoms with E-state index < -0.39 is 4.22 Å². The molecule has 60 valence electrons. The number of fused-ring (bicyclic) bond motifs is 1. The predicted octanol–water partition coefficient (Wildman–Crippen LogP) is 1.53. The zero-order valence-corrected chi connectivity index (χ0v) is 8.61. The Morgan fingerprint density at radius 1 is 1.75 bits per heavy atom. The Bertz CT molecular complexity index is 336. The van der Waals surface area contributed by atoms with Gasteiger partial charge in [0.2, 0.25) is 0 Å². The summed E-state index contributed by atoms with van der Waals surface area (Å²) in [7, 11) is 5.74. The van der Waals surface area contributed by atoms with Crippen LogP contribution in [0.15, 0.2) is 5.51 Å². The first-order valence-electron chi connectivity index (χ1n) is 3.56. The number of carbonyl (C=O) groups is 1. The van der Waals surface area contributed by atoms with Crippen molar-refractivity contribution >= 4 is 40.9 Å². The maximum atomic E-state index is 11.6. The third kappa shape index (κ3) is 1.15. The van der Waals surface area contributed by atoms with Crippen LogP contribution in [0.25, 0.3) is 0 Å². The summed E-state index contributed by atoms with van der Waals surface area (Å²) in [5.41, 5.74) is 2.59. The van der Waals surface area contributed by atoms with Crippen LogP contribution in [0.3, 0.4) is 0 Å². The zero-order valence-electron chi connectivity index (χ0n) is 6.21. The zero-order chi connectivity index (χ0) is 8.77. The lowest BCUT2D eigenvalue weighted by Gasteiger charge is -2.24. The number of hydrogen-bond donors (Lipinski definition) is 0. The fraction of sp³-hybridized carbons (Fsp3) is 0.429. The van der Waals surface area contributed by atoms with Gasteiger partial charge in [0.05, 0.1) is 20.3 Å². The van der Waals surface area contributed by atoms with Crippen LogP contribution in [0.5, 0.6) is 0 Å². The summed E-state index contributed by atoms with van der Waals surface area (Å²) in [6.45, 7) is 0. The highest BCUT2D eigenvalue weighted by Gasteiger charge is 2.36. The fourth-order valence-corrected chi connectivity index (χ4v) is 2.63. The third-order valence-electron chi connectivity index (χ3n) is 1.95. The summed E-state index contributed by atoms with van der Waals surface area (Å²) in [4.78, 5) is 16.4. The van der Waals surface area contributed by atoms with Gasteiger partial charge < -0.3 is 0 Å². The molecule has 1 aromatic rings. The molecule has 0 saturated heterocycles. The molecule has 0 aliphatic heterocycles. The lowest BCUT2D eigenvalue weighted by molar-refractivity contribution is 0.0970. The highest BCUT2D eigenvalue weighted by atomic mass is 79.9. The number of rotatable bonds is 0. The van der Waals surface area contributed by atoms with Gasteiger partial charge >= 0.3 is 0 Å². The van der Waals surface area contributed by atoms with E-state index in [4.69, 9.17) is 7.85 Å². The third-order valence-corrected chi connectivity index (χ3v) is 3.57. The number of carbonyl (C=O) groups excluding carboxylic acids is 1. The molecule has 1 atom stereocenters. The van der Waals surface area contributed by atoms with Crippen LogP contribution in [-0.4, -0.2) is 22.8 Å². The number of thiazole rings is 1. The number of aryl methyl sites for hydroxylation is 1. The number of nitrogens with zero attached hydrogens (tertiary/aromatic N) is 1. The van der Waals surface area contributed by atoms with Crippen molar-refractivity contribution in [3.05, 3.63) is 16.1 Å². The average molecular weight is 242 g/mol. The van der Waals surface area contributed by atoms with Gasteiger partial charge in [-0.15, -0.1) is 11.3 Å². The minimum absolute atomic E-state index is 0.0359. The van der Waals surface area contributed by atoms with Crippen LogP contribution >= 0.6 is 27.3 Å². The number of ketones is 1. The van der Waals surface area contributed by atoms with Gasteiger partial charge in [0, 0.05) is 0 Å². The van der Waals surface area contributed by atoms with Crippen molar-refractivity contribution < 1.29 is 4.79 Å². The molecule has 0 spiro atoms. The van der Waals surface area contributed by atoms with Crippen molar-refractivity contribution in [2.75, 3.05) is 0 Å². The van der Waals surface area contributed by atoms with Gasteiger partial charge in [-0.3, -0.25) is 4.79 Å². The summed E-state index contributed by atoms with van der Waals surface area (Å²) in [6.07, 6.45) is 1.41. The quantitative estimate of drug-likeness (QED) is 0.510. The molecule has 0 fully saturated rings. The van der Waals surface area contributed by atoms with Gasteiger partial charge in [0.15, 0.2) is 5.78 Å². The van der Waals surface area contributed by atoms with Crippen molar-refractivity contribution in [1.82, 2.24) is 4.98 Å². The second-order valence-corrected chi connectivity index (χ2v) is 5.09. The van der Waals surface area contributed by atoms with E-state index in [9.17, 15) is 4.79 Å². The number of Topliss-reactive ketones (excluding diaryl/α,β-unsaturated/α-hetero) is 1. The Morgan fingerprint density at radius 2 is 2.50 bits per heavy atom. The first-order valence-corrected chi connectivity index (χ1v) is 5.23. The summed E-state index contributed by atoms with van der Waals surface area (Å²) < 4.78 is -0.855. The molecule has 1 aliphatic rings. The Morgan fingerprint density at radius 3 is 3.25 bits per heavy atom. The number of aromatic nitrogens is 1. The summed E-state index contributed by atoms with van der Waals surface area (Å²) in [5.74, 6) is -0.0359. The van der Waals surface area contributed by atoms with Crippen LogP contribution in [0.2, 0.25) is 0 Å². The summed E-state index contributed by atoms with van der Waals surface area (Å²) in [5, 5.41) is 0. The van der Waals surface area contributed by atoms with E-state index in [2.05, 4.69) is 20.9 Å². The number of halogens is 1. The Hall–Kier alpha value is -0.155. The Kier molecular flexibility index (Phi) is 1.88. The normalized spacial score (nSPS) is 28.6. The molecule has 5 heteroatoms. The van der Waals surface area contributed by atoms with E-state index in [0.29, 0.717) is 11.3 Å². The van der Waals surface area contributed by atoms with Gasteiger partial charge in [-0.05, 0) is 12.8 Å². The first kappa shape index (κ1) is 8.44. The predicted molar refractivity (Wildman–Crippen MR) is 52.2 cm³/mol. The highest BCUT2D eigenvalue weighted by Crippen LogP contribution is 2.33. The van der Waals surface area contributed by atoms with Crippen molar-refractivity contribution in [3.63, 3.8) is 0 Å². The van der Waals surface area contributed by atoms with E-state index in [0.717, 1.165) is 12.1 Å². The molecule has 1 heterocycles. The van der Waals surface area contributed by atoms with Gasteiger partial charge in [0.25, 0.3) is 0 Å². The Labute approximate surface area is 83.9 Å². The molecule has 0 aromatic carbocycles. The molecular formula is C7H5BBrNOS. The van der Waals surface area contributed by atoms with E-state index in [1.54, 1.807) is 5.51 Å². The van der Waals surface area contributed by atoms with Crippen molar-refractivity contribution in [2.24, 2.45) is 0 Å². The first-order chi connectivity index (χ1) is 5.61. The van der Waals surface area contributed by atoms with Gasteiger partial charge in [0.1, 0.15) is 7.85 Å². The largest absolute Gasteiger partial charge is 0.293 e. The molecule has 2 nitrogen and oxygen atoms in total. The average Bonchev–Trinajstić information content (AvgIpc) is 2.45. The molecule has 0 bridgehead atoms. The summed E-state index contributed by atoms with van der Waals surface area (Å²) >= 11 is 4.58. The topological polar surface area (TPSA) is 30.0 Å². The smallest absolute Gasteiger partial charge is 0.182 e. The van der Waals surface area contributed by atoms with E-state index in [-0.39, 0.29) is 5.78 Å². The molecule has 12 heavy (non-hydrogen) atoms. The van der Waals surface area contributed by atoms with Crippen molar-refractivity contribution in [3.8, 4) is 0 Å². The van der Waals surface area contributed by atoms with Gasteiger partial charge in [-0.1, -0.05) is 15.9 Å². The maximum Gasteiger partial charge on any atom is 0.182 e. The molecule has 0 saturated carbocycles. The SMILES string of the molecule is [B]C1(Br)CCc2ncsc2C1=O. The number of hydrogen-bond acceptors (Lipinski definition) is 3. The van der Waals surface area contributed by atoms with Gasteiger partial charge in [-0.2, -0.15) is 0 Å². The second kappa shape index (κ2) is 2.67. The molecule has 1 aromatic heterocycles. The second-order valence-electron chi connectivity index (χ2n) is 2.82. The fourth-order valence-electron chi connectivity index (χ4n) is 1.23. The molecule has 0 N–H and O–H groups in total.